The van der Waals surface area contributed by atoms with Crippen LogP contribution in [0.5, 0.6) is 0 Å². The second kappa shape index (κ2) is 2.23. The Kier molecular flexibility index (Phi) is 1.59. The number of hydrogen-bond donors (Lipinski definition) is 0. The van der Waals surface area contributed by atoms with Gasteiger partial charge in [-0.15, -0.1) is 0 Å². The van der Waals surface area contributed by atoms with Crippen LogP contribution in [-0.2, 0) is 0 Å². The van der Waals surface area contributed by atoms with E-state index in [0.717, 1.165) is 0 Å². The molecule has 0 N–H and O–H groups in total. The first kappa shape index (κ1) is 5.70. The highest BCUT2D eigenvalue weighted by Crippen LogP contribution is 2.21. The number of nitrogens with zero attached hydrogens (tertiary/aromatic N) is 1. The van der Waals surface area contributed by atoms with Crippen LogP contribution in [0.2, 0.25) is 0 Å². The van der Waals surface area contributed by atoms with Crippen LogP contribution in [0, 0.1) is 0 Å². The van der Waals surface area contributed by atoms with E-state index in [2.05, 4.69) is 9.40 Å². The summed E-state index contributed by atoms with van der Waals surface area (Å²) in [5.41, 5.74) is 0.315. The molecule has 44 valence electrons. The van der Waals surface area contributed by atoms with Gasteiger partial charge in [0.1, 0.15) is 12.0 Å². The average Bonchev–Trinajstić information content (AvgIpc) is 2.12. The topological polar surface area (TPSA) is 26.0 Å². The molecule has 0 amide bonds. The zero-order chi connectivity index (χ0) is 5.98. The first-order chi connectivity index (χ1) is 3.80. The van der Waals surface area contributed by atoms with Crippen LogP contribution in [0.4, 0.5) is 4.39 Å². The highest BCUT2D eigenvalue weighted by Gasteiger charge is 2.03. The van der Waals surface area contributed by atoms with E-state index in [9.17, 15) is 4.39 Å². The number of aromatic nitrogens is 1. The van der Waals surface area contributed by atoms with Crippen molar-refractivity contribution in [1.82, 2.24) is 4.98 Å². The Labute approximate surface area is 48.3 Å². The second-order valence-electron chi connectivity index (χ2n) is 1.32. The highest BCUT2D eigenvalue weighted by molar-refractivity contribution is 7.16. The van der Waals surface area contributed by atoms with Gasteiger partial charge in [0.25, 0.3) is 0 Å². The minimum absolute atomic E-state index is 0.315. The minimum Gasteiger partial charge on any atom is -0.451 e. The van der Waals surface area contributed by atoms with Crippen molar-refractivity contribution in [1.29, 1.82) is 0 Å². The molecule has 0 saturated carbocycles. The van der Waals surface area contributed by atoms with Crippen molar-refractivity contribution in [2.45, 2.75) is 5.91 Å². The minimum atomic E-state index is -1.10. The molecule has 0 bridgehead atoms. The first-order valence-corrected chi connectivity index (χ1v) is 2.75. The Bertz CT molecular complexity index is 151. The molecule has 2 nitrogen and oxygen atoms in total. The lowest BCUT2D eigenvalue weighted by Crippen LogP contribution is -1.77. The summed E-state index contributed by atoms with van der Waals surface area (Å²) in [4.78, 5) is 3.55. The van der Waals surface area contributed by atoms with Crippen molar-refractivity contribution in [2.75, 3.05) is 0 Å². The molecule has 1 heterocycles. The number of rotatable bonds is 1. The van der Waals surface area contributed by atoms with Crippen LogP contribution >= 0.6 is 9.24 Å². The third-order valence-corrected chi connectivity index (χ3v) is 1.08. The summed E-state index contributed by atoms with van der Waals surface area (Å²) in [5, 5.41) is 0. The fourth-order valence-electron chi connectivity index (χ4n) is 0.358. The fraction of sp³-hybridized carbons (Fsp3) is 0.250. The Balaban J connectivity index is 2.77. The Morgan fingerprint density at radius 3 is 2.88 bits per heavy atom. The number of hydrogen-bond acceptors (Lipinski definition) is 2. The fourth-order valence-corrected chi connectivity index (χ4v) is 0.523. The Hall–Kier alpha value is -0.430. The van der Waals surface area contributed by atoms with Gasteiger partial charge in [0, 0.05) is 0 Å². The van der Waals surface area contributed by atoms with Gasteiger partial charge in [0.05, 0.1) is 0 Å². The molecule has 2 unspecified atom stereocenters. The summed E-state index contributed by atoms with van der Waals surface area (Å²) >= 11 is 0. The Morgan fingerprint density at radius 1 is 1.88 bits per heavy atom. The first-order valence-electron chi connectivity index (χ1n) is 2.08. The molecule has 0 aliphatic rings. The maximum atomic E-state index is 12.1. The van der Waals surface area contributed by atoms with Crippen LogP contribution in [0.25, 0.3) is 0 Å². The van der Waals surface area contributed by atoms with E-state index in [1.807, 2.05) is 9.24 Å². The van der Waals surface area contributed by atoms with Crippen LogP contribution in [0.3, 0.4) is 0 Å². The maximum Gasteiger partial charge on any atom is 0.180 e. The monoisotopic (exact) mass is 133 g/mol. The van der Waals surface area contributed by atoms with E-state index in [0.29, 0.717) is 5.69 Å². The van der Waals surface area contributed by atoms with Gasteiger partial charge in [0.2, 0.25) is 0 Å². The summed E-state index contributed by atoms with van der Waals surface area (Å²) in [7, 11) is 1.97. The molecular weight excluding hydrogens is 128 g/mol. The largest absolute Gasteiger partial charge is 0.451 e. The third kappa shape index (κ3) is 1.04. The van der Waals surface area contributed by atoms with Gasteiger partial charge in [-0.1, -0.05) is 9.24 Å². The van der Waals surface area contributed by atoms with Gasteiger partial charge < -0.3 is 4.42 Å². The molecule has 0 aliphatic carbocycles. The molecule has 1 rings (SSSR count). The summed E-state index contributed by atoms with van der Waals surface area (Å²) in [6, 6.07) is 0. The summed E-state index contributed by atoms with van der Waals surface area (Å²) in [6.45, 7) is 0. The van der Waals surface area contributed by atoms with Crippen molar-refractivity contribution in [3.05, 3.63) is 18.4 Å². The van der Waals surface area contributed by atoms with Crippen molar-refractivity contribution in [2.24, 2.45) is 0 Å². The molecule has 0 aromatic carbocycles. The van der Waals surface area contributed by atoms with Crippen LogP contribution in [-0.4, -0.2) is 4.98 Å². The molecule has 0 aliphatic heterocycles. The predicted octanol–water partition coefficient (Wildman–Crippen LogP) is 1.52. The lowest BCUT2D eigenvalue weighted by atomic mass is 10.5. The molecule has 0 saturated heterocycles. The molecule has 0 fully saturated rings. The molecule has 2 atom stereocenters. The molecular formula is C4H5FNOP. The van der Waals surface area contributed by atoms with E-state index in [1.54, 1.807) is 0 Å². The summed E-state index contributed by atoms with van der Waals surface area (Å²) < 4.78 is 16.6. The second-order valence-corrected chi connectivity index (χ2v) is 1.90. The van der Waals surface area contributed by atoms with Crippen molar-refractivity contribution >= 4 is 9.24 Å². The molecule has 0 spiro atoms. The van der Waals surface area contributed by atoms with Gasteiger partial charge in [-0.2, -0.15) is 0 Å². The van der Waals surface area contributed by atoms with E-state index in [-0.39, 0.29) is 0 Å². The molecule has 1 aromatic rings. The lowest BCUT2D eigenvalue weighted by Gasteiger charge is -1.88. The van der Waals surface area contributed by atoms with Gasteiger partial charge in [-0.3, -0.25) is 0 Å². The van der Waals surface area contributed by atoms with E-state index in [1.165, 1.54) is 12.7 Å². The molecule has 0 radical (unpaired) electrons. The van der Waals surface area contributed by atoms with Crippen molar-refractivity contribution in [3.63, 3.8) is 0 Å². The quantitative estimate of drug-likeness (QED) is 0.543. The number of oxazole rings is 1. The number of halogens is 1. The maximum absolute atomic E-state index is 12.1. The van der Waals surface area contributed by atoms with Crippen molar-refractivity contribution in [3.8, 4) is 0 Å². The standard InChI is InChI=1S/C4H5FNOP/c5-4(8)3-1-7-2-6-3/h1-2,4H,8H2. The Morgan fingerprint density at radius 2 is 2.62 bits per heavy atom. The van der Waals surface area contributed by atoms with E-state index >= 15 is 0 Å². The summed E-state index contributed by atoms with van der Waals surface area (Å²) in [6.07, 6.45) is 2.48. The van der Waals surface area contributed by atoms with Gasteiger partial charge in [-0.25, -0.2) is 9.37 Å². The van der Waals surface area contributed by atoms with Gasteiger partial charge >= 0.3 is 0 Å². The van der Waals surface area contributed by atoms with Crippen LogP contribution < -0.4 is 0 Å². The van der Waals surface area contributed by atoms with Crippen LogP contribution in [0.1, 0.15) is 11.6 Å². The zero-order valence-electron chi connectivity index (χ0n) is 4.04. The smallest absolute Gasteiger partial charge is 0.180 e. The predicted molar refractivity (Wildman–Crippen MR) is 30.1 cm³/mol. The summed E-state index contributed by atoms with van der Waals surface area (Å²) in [5.74, 6) is -1.10. The normalized spacial score (nSPS) is 13.8. The molecule has 1 aromatic heterocycles. The number of alkyl halides is 1. The van der Waals surface area contributed by atoms with E-state index < -0.39 is 5.91 Å². The van der Waals surface area contributed by atoms with Crippen LogP contribution in [0.15, 0.2) is 17.1 Å². The third-order valence-electron chi connectivity index (χ3n) is 0.734. The van der Waals surface area contributed by atoms with Gasteiger partial charge in [0.15, 0.2) is 12.3 Å². The lowest BCUT2D eigenvalue weighted by molar-refractivity contribution is 0.457. The zero-order valence-corrected chi connectivity index (χ0v) is 5.20. The molecule has 4 heteroatoms. The van der Waals surface area contributed by atoms with Crippen molar-refractivity contribution < 1.29 is 8.81 Å². The highest BCUT2D eigenvalue weighted by atomic mass is 31.0. The molecule has 8 heavy (non-hydrogen) atoms. The SMILES string of the molecule is FC(P)c1cocn1. The van der Waals surface area contributed by atoms with Gasteiger partial charge in [-0.05, 0) is 0 Å². The average molecular weight is 133 g/mol. The van der Waals surface area contributed by atoms with E-state index in [4.69, 9.17) is 0 Å².